The van der Waals surface area contributed by atoms with Crippen molar-refractivity contribution >= 4 is 10.2 Å². The van der Waals surface area contributed by atoms with Gasteiger partial charge in [-0.3, -0.25) is 0 Å². The van der Waals surface area contributed by atoms with Crippen molar-refractivity contribution in [3.05, 3.63) is 0 Å². The Bertz CT molecular complexity index is 303. The molecule has 1 aliphatic heterocycles. The number of nitrogens with two attached hydrogens (primary N) is 1. The summed E-state index contributed by atoms with van der Waals surface area (Å²) in [4.78, 5) is 0. The molecular formula is C9H21N3O4S. The lowest BCUT2D eigenvalue weighted by Crippen LogP contribution is -2.45. The first-order valence-electron chi connectivity index (χ1n) is 5.66. The predicted octanol–water partition coefficient (Wildman–Crippen LogP) is -1.48. The minimum Gasteiger partial charge on any atom is -0.376 e. The summed E-state index contributed by atoms with van der Waals surface area (Å²) < 4.78 is 37.8. The summed E-state index contributed by atoms with van der Waals surface area (Å²) in [5.41, 5.74) is 5.33. The molecule has 1 fully saturated rings. The molecule has 17 heavy (non-hydrogen) atoms. The summed E-state index contributed by atoms with van der Waals surface area (Å²) in [5.74, 6) is 0. The van der Waals surface area contributed by atoms with Gasteiger partial charge in [-0.05, 0) is 13.0 Å². The van der Waals surface area contributed by atoms with Gasteiger partial charge in [-0.25, -0.2) is 0 Å². The normalized spacial score (nSPS) is 21.9. The van der Waals surface area contributed by atoms with Gasteiger partial charge in [0, 0.05) is 20.1 Å². The van der Waals surface area contributed by atoms with E-state index in [2.05, 4.69) is 4.72 Å². The van der Waals surface area contributed by atoms with Crippen molar-refractivity contribution in [3.63, 3.8) is 0 Å². The molecule has 1 rings (SSSR count). The van der Waals surface area contributed by atoms with Crippen molar-refractivity contribution in [2.45, 2.75) is 12.5 Å². The van der Waals surface area contributed by atoms with Crippen LogP contribution >= 0.6 is 0 Å². The van der Waals surface area contributed by atoms with Gasteiger partial charge in [0.25, 0.3) is 10.2 Å². The van der Waals surface area contributed by atoms with Crippen LogP contribution in [0.25, 0.3) is 0 Å². The van der Waals surface area contributed by atoms with E-state index in [1.165, 1.54) is 11.4 Å². The fourth-order valence-electron chi connectivity index (χ4n) is 1.40. The van der Waals surface area contributed by atoms with E-state index in [9.17, 15) is 8.42 Å². The molecule has 0 aromatic heterocycles. The van der Waals surface area contributed by atoms with Gasteiger partial charge in [-0.1, -0.05) is 0 Å². The summed E-state index contributed by atoms with van der Waals surface area (Å²) >= 11 is 0. The topological polar surface area (TPSA) is 93.9 Å². The SMILES string of the molecule is CN(CCCN)S(=O)(=O)NCC1COCCO1. The van der Waals surface area contributed by atoms with Crippen molar-refractivity contribution in [1.29, 1.82) is 0 Å². The first-order valence-corrected chi connectivity index (χ1v) is 7.10. The highest BCUT2D eigenvalue weighted by Gasteiger charge is 2.20. The second-order valence-electron chi connectivity index (χ2n) is 3.88. The van der Waals surface area contributed by atoms with Crippen LogP contribution in [-0.2, 0) is 19.7 Å². The van der Waals surface area contributed by atoms with Crippen LogP contribution in [0.15, 0.2) is 0 Å². The molecule has 3 N–H and O–H groups in total. The van der Waals surface area contributed by atoms with E-state index in [0.717, 1.165) is 0 Å². The highest BCUT2D eigenvalue weighted by Crippen LogP contribution is 2.01. The van der Waals surface area contributed by atoms with Gasteiger partial charge in [-0.2, -0.15) is 17.4 Å². The number of nitrogens with zero attached hydrogens (tertiary/aromatic N) is 1. The van der Waals surface area contributed by atoms with Gasteiger partial charge in [0.05, 0.1) is 25.9 Å². The number of hydrogen-bond donors (Lipinski definition) is 2. The van der Waals surface area contributed by atoms with Gasteiger partial charge in [-0.15, -0.1) is 0 Å². The third kappa shape index (κ3) is 5.28. The molecule has 1 atom stereocenters. The largest absolute Gasteiger partial charge is 0.376 e. The van der Waals surface area contributed by atoms with E-state index in [1.54, 1.807) is 0 Å². The van der Waals surface area contributed by atoms with E-state index in [1.807, 2.05) is 0 Å². The zero-order valence-corrected chi connectivity index (χ0v) is 10.9. The average molecular weight is 267 g/mol. The van der Waals surface area contributed by atoms with E-state index in [-0.39, 0.29) is 12.6 Å². The summed E-state index contributed by atoms with van der Waals surface area (Å²) in [6.07, 6.45) is 0.432. The van der Waals surface area contributed by atoms with Gasteiger partial charge >= 0.3 is 0 Å². The third-order valence-corrected chi connectivity index (χ3v) is 4.00. The molecule has 0 aromatic carbocycles. The van der Waals surface area contributed by atoms with Gasteiger partial charge in [0.1, 0.15) is 0 Å². The van der Waals surface area contributed by atoms with Crippen LogP contribution in [0.1, 0.15) is 6.42 Å². The molecule has 1 heterocycles. The second kappa shape index (κ2) is 7.24. The second-order valence-corrected chi connectivity index (χ2v) is 5.75. The molecule has 8 heteroatoms. The summed E-state index contributed by atoms with van der Waals surface area (Å²) in [7, 11) is -1.92. The van der Waals surface area contributed by atoms with Crippen LogP contribution in [-0.4, -0.2) is 65.3 Å². The number of hydrogen-bond acceptors (Lipinski definition) is 5. The summed E-state index contributed by atoms with van der Waals surface area (Å²) in [6, 6.07) is 0. The predicted molar refractivity (Wildman–Crippen MR) is 63.8 cm³/mol. The van der Waals surface area contributed by atoms with Crippen LogP contribution in [0.3, 0.4) is 0 Å². The van der Waals surface area contributed by atoms with Crippen LogP contribution in [0.4, 0.5) is 0 Å². The van der Waals surface area contributed by atoms with E-state index >= 15 is 0 Å². The highest BCUT2D eigenvalue weighted by molar-refractivity contribution is 7.87. The smallest absolute Gasteiger partial charge is 0.279 e. The quantitative estimate of drug-likeness (QED) is 0.586. The molecule has 0 radical (unpaired) electrons. The molecule has 0 amide bonds. The van der Waals surface area contributed by atoms with Crippen molar-refractivity contribution in [2.24, 2.45) is 5.73 Å². The number of rotatable bonds is 7. The van der Waals surface area contributed by atoms with Gasteiger partial charge in [0.15, 0.2) is 0 Å². The fraction of sp³-hybridized carbons (Fsp3) is 1.00. The minimum absolute atomic E-state index is 0.207. The molecule has 0 spiro atoms. The molecule has 1 aliphatic rings. The molecule has 0 bridgehead atoms. The van der Waals surface area contributed by atoms with Crippen LogP contribution in [0, 0.1) is 0 Å². The molecule has 1 unspecified atom stereocenters. The monoisotopic (exact) mass is 267 g/mol. The standard InChI is InChI=1S/C9H21N3O4S/c1-12(4-2-3-10)17(13,14)11-7-9-8-15-5-6-16-9/h9,11H,2-8,10H2,1H3. The molecule has 0 aromatic rings. The fourth-order valence-corrected chi connectivity index (χ4v) is 2.38. The molecule has 102 valence electrons. The first-order chi connectivity index (χ1) is 8.06. The maximum absolute atomic E-state index is 11.8. The first kappa shape index (κ1) is 14.8. The molecular weight excluding hydrogens is 246 g/mol. The maximum atomic E-state index is 11.8. The summed E-state index contributed by atoms with van der Waals surface area (Å²) in [6.45, 7) is 2.62. The van der Waals surface area contributed by atoms with E-state index in [0.29, 0.717) is 39.3 Å². The van der Waals surface area contributed by atoms with Gasteiger partial charge < -0.3 is 15.2 Å². The third-order valence-electron chi connectivity index (χ3n) is 2.47. The lowest BCUT2D eigenvalue weighted by atomic mass is 10.3. The molecule has 1 saturated heterocycles. The van der Waals surface area contributed by atoms with Gasteiger partial charge in [0.2, 0.25) is 0 Å². The maximum Gasteiger partial charge on any atom is 0.279 e. The van der Waals surface area contributed by atoms with Crippen LogP contribution < -0.4 is 10.5 Å². The molecule has 0 saturated carbocycles. The molecule has 0 aliphatic carbocycles. The Kier molecular flexibility index (Phi) is 6.31. The zero-order chi connectivity index (χ0) is 12.7. The lowest BCUT2D eigenvalue weighted by Gasteiger charge is -2.24. The highest BCUT2D eigenvalue weighted by atomic mass is 32.2. The van der Waals surface area contributed by atoms with Crippen LogP contribution in [0.5, 0.6) is 0 Å². The zero-order valence-electron chi connectivity index (χ0n) is 10.1. The summed E-state index contributed by atoms with van der Waals surface area (Å²) in [5, 5.41) is 0. The Hall–Kier alpha value is -0.250. The van der Waals surface area contributed by atoms with Crippen LogP contribution in [0.2, 0.25) is 0 Å². The van der Waals surface area contributed by atoms with Crippen molar-refractivity contribution in [3.8, 4) is 0 Å². The van der Waals surface area contributed by atoms with E-state index < -0.39 is 10.2 Å². The lowest BCUT2D eigenvalue weighted by molar-refractivity contribution is -0.0847. The Labute approximate surface area is 102 Å². The Morgan fingerprint density at radius 1 is 1.47 bits per heavy atom. The Morgan fingerprint density at radius 3 is 2.82 bits per heavy atom. The average Bonchev–Trinajstić information content (AvgIpc) is 2.35. The Balaban J connectivity index is 2.32. The Morgan fingerprint density at radius 2 is 2.24 bits per heavy atom. The number of nitrogens with one attached hydrogen (secondary N) is 1. The number of ether oxygens (including phenoxy) is 2. The van der Waals surface area contributed by atoms with Crippen molar-refractivity contribution in [2.75, 3.05) is 46.5 Å². The van der Waals surface area contributed by atoms with Crippen molar-refractivity contribution < 1.29 is 17.9 Å². The van der Waals surface area contributed by atoms with Crippen molar-refractivity contribution in [1.82, 2.24) is 9.03 Å². The molecule has 7 nitrogen and oxygen atoms in total. The minimum atomic E-state index is -3.44. The van der Waals surface area contributed by atoms with E-state index in [4.69, 9.17) is 15.2 Å².